The van der Waals surface area contributed by atoms with Crippen LogP contribution in [0, 0.1) is 63.9 Å². The quantitative estimate of drug-likeness (QED) is 0.0909. The summed E-state index contributed by atoms with van der Waals surface area (Å²) < 4.78 is 25.4. The Kier molecular flexibility index (Phi) is 11.8. The maximum absolute atomic E-state index is 9.61. The summed E-state index contributed by atoms with van der Waals surface area (Å²) >= 11 is 0. The third kappa shape index (κ3) is 7.30. The number of benzene rings is 4. The van der Waals surface area contributed by atoms with E-state index in [1.807, 2.05) is 126 Å². The van der Waals surface area contributed by atoms with Crippen molar-refractivity contribution >= 4 is 72.5 Å². The van der Waals surface area contributed by atoms with Crippen LogP contribution in [0.2, 0.25) is 0 Å². The number of para-hydroxylation sites is 4. The Morgan fingerprint density at radius 3 is 1.38 bits per heavy atom. The van der Waals surface area contributed by atoms with Gasteiger partial charge >= 0.3 is 16.5 Å². The maximum Gasteiger partial charge on any atom is 2.00 e. The molecule has 0 saturated heterocycles. The molecule has 10 rings (SSSR count). The van der Waals surface area contributed by atoms with Crippen molar-refractivity contribution in [3.05, 3.63) is 169 Å². The summed E-state index contributed by atoms with van der Waals surface area (Å²) in [4.78, 5) is 22.4. The molecule has 0 saturated carbocycles. The van der Waals surface area contributed by atoms with Crippen LogP contribution in [0.4, 0.5) is 5.69 Å². The van der Waals surface area contributed by atoms with Gasteiger partial charge in [0.1, 0.15) is 46.2 Å². The molecule has 2 aliphatic heterocycles. The first kappa shape index (κ1) is 44.5. The van der Waals surface area contributed by atoms with Crippen molar-refractivity contribution in [3.8, 4) is 23.6 Å². The van der Waals surface area contributed by atoms with Crippen molar-refractivity contribution in [1.82, 2.24) is 9.97 Å². The molecular formula is C54H41N7NiO4. The summed E-state index contributed by atoms with van der Waals surface area (Å²) in [5.41, 5.74) is 14.1. The van der Waals surface area contributed by atoms with Crippen molar-refractivity contribution in [2.45, 2.75) is 62.3 Å². The van der Waals surface area contributed by atoms with Gasteiger partial charge in [0, 0.05) is 21.5 Å². The van der Waals surface area contributed by atoms with Gasteiger partial charge in [-0.15, -0.1) is 0 Å². The average Bonchev–Trinajstić information content (AvgIpc) is 4.13. The maximum atomic E-state index is 9.61. The third-order valence-corrected chi connectivity index (χ3v) is 12.2. The molecule has 0 N–H and O–H groups in total. The molecule has 326 valence electrons. The minimum absolute atomic E-state index is 0. The smallest absolute Gasteiger partial charge is 0.669 e. The van der Waals surface area contributed by atoms with E-state index in [4.69, 9.17) is 34.9 Å². The molecule has 4 aromatic heterocycles. The largest absolute Gasteiger partial charge is 2.00 e. The second-order valence-electron chi connectivity index (χ2n) is 16.1. The molecule has 0 fully saturated rings. The Morgan fingerprint density at radius 1 is 0.561 bits per heavy atom. The molecule has 0 spiro atoms. The topological polar surface area (TPSA) is 150 Å². The van der Waals surface area contributed by atoms with Gasteiger partial charge in [-0.05, 0) is 77.0 Å². The minimum atomic E-state index is 0. The third-order valence-electron chi connectivity index (χ3n) is 12.2. The second-order valence-corrected chi connectivity index (χ2v) is 16.1. The van der Waals surface area contributed by atoms with Gasteiger partial charge in [0.05, 0.1) is 29.1 Å². The normalized spacial score (nSPS) is 15.0. The van der Waals surface area contributed by atoms with E-state index in [1.54, 1.807) is 13.8 Å². The predicted molar refractivity (Wildman–Crippen MR) is 255 cm³/mol. The number of fused-ring (bicyclic) bond motifs is 6. The number of allylic oxidation sites excluding steroid dienone is 4. The van der Waals surface area contributed by atoms with E-state index in [0.717, 1.165) is 60.8 Å². The number of ether oxygens (including phenoxy) is 2. The number of aryl methyl sites for hydroxylation is 2. The van der Waals surface area contributed by atoms with Crippen molar-refractivity contribution in [2.75, 3.05) is 0 Å². The molecule has 12 heteroatoms. The number of rotatable bonds is 6. The number of nitrogens with zero attached hydrogens (tertiary/aromatic N) is 7. The van der Waals surface area contributed by atoms with Gasteiger partial charge in [-0.1, -0.05) is 110 Å². The number of aliphatic imine (C=N–C) groups is 2. The summed E-state index contributed by atoms with van der Waals surface area (Å²) in [6.45, 7) is 24.7. The van der Waals surface area contributed by atoms with Gasteiger partial charge in [-0.25, -0.2) is 14.8 Å². The molecule has 4 aromatic carbocycles. The molecule has 0 atom stereocenters. The molecule has 8 aromatic rings. The predicted octanol–water partition coefficient (Wildman–Crippen LogP) is 13.3. The SMILES string of the molecule is CC1=N/C(=C(/Oc2cccc3c2oc2ccccc23)c2[n-]c(C)c(C)c2C)C(C)=C1C#N.[C-]#[N+]c1c(C)[n-]c(/C(Oc2cccc3c2oc2ccccc23)=C2\N=C(C)C(C#N)=C2C)c1C.[Ni+2]. The molecule has 11 nitrogen and oxygen atoms in total. The van der Waals surface area contributed by atoms with E-state index >= 15 is 0 Å². The second kappa shape index (κ2) is 17.5. The van der Waals surface area contributed by atoms with Crippen LogP contribution < -0.4 is 19.4 Å². The van der Waals surface area contributed by atoms with Gasteiger partial charge in [-0.2, -0.15) is 21.9 Å². The fourth-order valence-corrected chi connectivity index (χ4v) is 8.49. The van der Waals surface area contributed by atoms with Gasteiger partial charge in [0.15, 0.2) is 28.4 Å². The van der Waals surface area contributed by atoms with Crippen molar-refractivity contribution in [3.63, 3.8) is 0 Å². The van der Waals surface area contributed by atoms with E-state index < -0.39 is 0 Å². The summed E-state index contributed by atoms with van der Waals surface area (Å²) in [7, 11) is 0. The van der Waals surface area contributed by atoms with E-state index in [1.165, 1.54) is 0 Å². The standard InChI is InChI=1S/C27H19N4O2.C27H22N3O2.Ni/c1-14-20(13-28)16(3)30-24(14)27(25-15(2)23(29-5)17(4)31-25)33-22-12-8-10-19-18-9-6-7-11-21(18)32-26(19)22;1-14-15(2)24(29-17(14)4)27(25-16(3)21(13-28)18(5)30-25)32-23-12-8-10-20-19-9-6-7-11-22(19)31-26(20)23;/h6-12H,1-4H3;6-12H,1-5H3;/q2*-1;+2/b27-24+;27-25+;. The number of aromatic nitrogens is 2. The summed E-state index contributed by atoms with van der Waals surface area (Å²) in [5.74, 6) is 2.04. The van der Waals surface area contributed by atoms with Crippen LogP contribution in [-0.4, -0.2) is 11.4 Å². The summed E-state index contributed by atoms with van der Waals surface area (Å²) in [5, 5.41) is 23.2. The Morgan fingerprint density at radius 2 is 0.985 bits per heavy atom. The van der Waals surface area contributed by atoms with Crippen molar-refractivity contribution in [2.24, 2.45) is 9.98 Å². The molecule has 0 aliphatic carbocycles. The average molecular weight is 911 g/mol. The molecule has 0 amide bonds. The number of hydrogen-bond donors (Lipinski definition) is 0. The monoisotopic (exact) mass is 909 g/mol. The van der Waals surface area contributed by atoms with E-state index in [-0.39, 0.29) is 16.5 Å². The van der Waals surface area contributed by atoms with Crippen molar-refractivity contribution in [1.29, 1.82) is 10.5 Å². The Labute approximate surface area is 391 Å². The minimum Gasteiger partial charge on any atom is -0.669 e. The fraction of sp³-hybridized carbons (Fsp3) is 0.167. The van der Waals surface area contributed by atoms with Crippen LogP contribution in [0.5, 0.6) is 11.5 Å². The summed E-state index contributed by atoms with van der Waals surface area (Å²) in [6.07, 6.45) is 0. The van der Waals surface area contributed by atoms with E-state index in [2.05, 4.69) is 33.9 Å². The molecule has 2 aliphatic rings. The van der Waals surface area contributed by atoms with E-state index in [9.17, 15) is 10.5 Å². The first-order chi connectivity index (χ1) is 31.3. The Balaban J connectivity index is 0.000000177. The van der Waals surface area contributed by atoms with Crippen molar-refractivity contribution < 1.29 is 34.8 Å². The van der Waals surface area contributed by atoms with Gasteiger partial charge in [0.25, 0.3) is 0 Å². The van der Waals surface area contributed by atoms with Gasteiger partial charge in [0.2, 0.25) is 0 Å². The van der Waals surface area contributed by atoms with Crippen LogP contribution in [0.3, 0.4) is 0 Å². The fourth-order valence-electron chi connectivity index (χ4n) is 8.49. The Bertz CT molecular complexity index is 3690. The molecule has 6 heterocycles. The molecule has 0 radical (unpaired) electrons. The molecule has 66 heavy (non-hydrogen) atoms. The van der Waals surface area contributed by atoms with Gasteiger partial charge < -0.3 is 28.3 Å². The molecular weight excluding hydrogens is 869 g/mol. The van der Waals surface area contributed by atoms with Crippen LogP contribution in [-0.2, 0) is 16.5 Å². The van der Waals surface area contributed by atoms with Crippen LogP contribution in [0.15, 0.2) is 137 Å². The van der Waals surface area contributed by atoms with E-state index in [0.29, 0.717) is 96.4 Å². The zero-order chi connectivity index (χ0) is 45.8. The summed E-state index contributed by atoms with van der Waals surface area (Å²) in [6, 6.07) is 31.9. The van der Waals surface area contributed by atoms with Crippen LogP contribution in [0.25, 0.3) is 60.2 Å². The number of furan rings is 2. The van der Waals surface area contributed by atoms with Crippen LogP contribution >= 0.6 is 0 Å². The molecule has 0 bridgehead atoms. The van der Waals surface area contributed by atoms with Crippen LogP contribution in [0.1, 0.15) is 67.2 Å². The zero-order valence-electron chi connectivity index (χ0n) is 37.7. The first-order valence-electron chi connectivity index (χ1n) is 21.0. The van der Waals surface area contributed by atoms with Gasteiger partial charge in [-0.3, -0.25) is 0 Å². The number of nitriles is 2. The first-order valence-corrected chi connectivity index (χ1v) is 21.0. The molecule has 0 unspecified atom stereocenters. The zero-order valence-corrected chi connectivity index (χ0v) is 38.7. The number of hydrogen-bond acceptors (Lipinski definition) is 8. The Hall–Kier alpha value is -8.10.